The van der Waals surface area contributed by atoms with Crippen LogP contribution in [-0.4, -0.2) is 59.4 Å². The molecule has 3 aromatic carbocycles. The average Bonchev–Trinajstić information content (AvgIpc) is 3.28. The summed E-state index contributed by atoms with van der Waals surface area (Å²) in [5.74, 6) is -0.261. The lowest BCUT2D eigenvalue weighted by molar-refractivity contribution is -0.136. The zero-order chi connectivity index (χ0) is 30.4. The summed E-state index contributed by atoms with van der Waals surface area (Å²) in [4.78, 5) is 46.2. The number of hydrogen-bond acceptors (Lipinski definition) is 4. The van der Waals surface area contributed by atoms with E-state index in [1.54, 1.807) is 4.90 Å². The Labute approximate surface area is 255 Å². The van der Waals surface area contributed by atoms with Gasteiger partial charge in [-0.25, -0.2) is 0 Å². The maximum absolute atomic E-state index is 14.1. The van der Waals surface area contributed by atoms with Crippen molar-refractivity contribution in [2.24, 2.45) is 0 Å². The molecule has 226 valence electrons. The highest BCUT2D eigenvalue weighted by molar-refractivity contribution is 6.00. The molecule has 0 aromatic heterocycles. The number of benzene rings is 3. The van der Waals surface area contributed by atoms with Crippen LogP contribution in [0.1, 0.15) is 72.5 Å². The zero-order valence-electron chi connectivity index (χ0n) is 25.8. The summed E-state index contributed by atoms with van der Waals surface area (Å²) < 4.78 is 0. The average molecular weight is 581 g/mol. The van der Waals surface area contributed by atoms with Crippen molar-refractivity contribution in [3.05, 3.63) is 95.1 Å². The summed E-state index contributed by atoms with van der Waals surface area (Å²) in [7, 11) is 0. The van der Waals surface area contributed by atoms with Crippen LogP contribution in [0.25, 0.3) is 0 Å². The normalized spacial score (nSPS) is 16.2. The Morgan fingerprint density at radius 1 is 0.860 bits per heavy atom. The Balaban J connectivity index is 1.26. The van der Waals surface area contributed by atoms with Crippen LogP contribution in [0.2, 0.25) is 0 Å². The van der Waals surface area contributed by atoms with E-state index < -0.39 is 5.54 Å². The number of nitrogens with one attached hydrogen (secondary N) is 1. The van der Waals surface area contributed by atoms with Gasteiger partial charge in [-0.1, -0.05) is 62.6 Å². The maximum Gasteiger partial charge on any atom is 0.253 e. The minimum Gasteiger partial charge on any atom is -0.339 e. The number of carbonyl (C=O) groups is 3. The van der Waals surface area contributed by atoms with Crippen molar-refractivity contribution in [3.8, 4) is 0 Å². The van der Waals surface area contributed by atoms with Crippen LogP contribution >= 0.6 is 0 Å². The molecule has 7 nitrogen and oxygen atoms in total. The number of aryl methyl sites for hydroxylation is 3. The maximum atomic E-state index is 14.1. The fraction of sp³-hybridized carbons (Fsp3) is 0.417. The van der Waals surface area contributed by atoms with Gasteiger partial charge in [-0.2, -0.15) is 0 Å². The second-order valence-corrected chi connectivity index (χ2v) is 12.1. The van der Waals surface area contributed by atoms with E-state index >= 15 is 0 Å². The zero-order valence-corrected chi connectivity index (χ0v) is 25.8. The second-order valence-electron chi connectivity index (χ2n) is 12.1. The molecule has 3 aromatic rings. The van der Waals surface area contributed by atoms with Crippen LogP contribution < -0.4 is 10.2 Å². The van der Waals surface area contributed by atoms with Crippen molar-refractivity contribution < 1.29 is 14.4 Å². The third-order valence-electron chi connectivity index (χ3n) is 9.10. The molecular formula is C36H44N4O3. The number of unbranched alkanes of at least 4 members (excludes halogenated alkanes) is 3. The van der Waals surface area contributed by atoms with E-state index in [9.17, 15) is 14.4 Å². The van der Waals surface area contributed by atoms with Crippen LogP contribution in [0.3, 0.4) is 0 Å². The molecule has 2 saturated heterocycles. The second kappa shape index (κ2) is 13.4. The van der Waals surface area contributed by atoms with Crippen LogP contribution in [0.15, 0.2) is 72.8 Å². The molecule has 2 heterocycles. The predicted octanol–water partition coefficient (Wildman–Crippen LogP) is 6.35. The molecule has 0 aliphatic carbocycles. The first kappa shape index (κ1) is 30.3. The topological polar surface area (TPSA) is 73.0 Å². The predicted molar refractivity (Wildman–Crippen MR) is 172 cm³/mol. The fourth-order valence-corrected chi connectivity index (χ4v) is 6.35. The van der Waals surface area contributed by atoms with Gasteiger partial charge in [0.25, 0.3) is 11.8 Å². The highest BCUT2D eigenvalue weighted by atomic mass is 16.2. The van der Waals surface area contributed by atoms with Gasteiger partial charge < -0.3 is 20.0 Å². The molecule has 2 aliphatic rings. The van der Waals surface area contributed by atoms with E-state index in [0.717, 1.165) is 28.9 Å². The van der Waals surface area contributed by atoms with Crippen molar-refractivity contribution in [3.63, 3.8) is 0 Å². The van der Waals surface area contributed by atoms with E-state index in [2.05, 4.69) is 29.3 Å². The molecule has 3 amide bonds. The molecule has 2 aliphatic heterocycles. The third kappa shape index (κ3) is 6.76. The Kier molecular flexibility index (Phi) is 9.49. The first-order valence-corrected chi connectivity index (χ1v) is 15.7. The van der Waals surface area contributed by atoms with Gasteiger partial charge in [0.05, 0.1) is 6.67 Å². The van der Waals surface area contributed by atoms with Crippen molar-refractivity contribution in [2.45, 2.75) is 71.3 Å². The molecule has 2 fully saturated rings. The molecule has 5 rings (SSSR count). The number of piperidine rings is 1. The van der Waals surface area contributed by atoms with E-state index in [1.807, 2.05) is 79.4 Å². The van der Waals surface area contributed by atoms with Gasteiger partial charge in [0.15, 0.2) is 0 Å². The summed E-state index contributed by atoms with van der Waals surface area (Å²) in [6.45, 7) is 7.53. The Bertz CT molecular complexity index is 1430. The molecule has 7 heteroatoms. The Hall–Kier alpha value is -4.13. The van der Waals surface area contributed by atoms with Crippen LogP contribution in [0, 0.1) is 13.8 Å². The van der Waals surface area contributed by atoms with Crippen molar-refractivity contribution in [1.29, 1.82) is 0 Å². The standard InChI is InChI=1S/C36H44N4O3/c1-4-5-6-8-11-29-15-17-30(18-16-29)34(42)38-22-20-36(21-23-38)35(43)39(26-40(36)32-12-9-7-10-13-32)25-33(41)37-31-19-14-27(2)28(3)24-31/h7,9-10,12-19,24H,4-6,8,11,20-23,25-26H2,1-3H3,(H,37,41). The molecule has 0 radical (unpaired) electrons. The minimum absolute atomic E-state index is 0.00807. The van der Waals surface area contributed by atoms with Crippen molar-refractivity contribution in [1.82, 2.24) is 9.80 Å². The molecule has 0 atom stereocenters. The van der Waals surface area contributed by atoms with Gasteiger partial charge >= 0.3 is 0 Å². The lowest BCUT2D eigenvalue weighted by atomic mass is 9.85. The number of anilines is 2. The van der Waals surface area contributed by atoms with Gasteiger partial charge in [-0.05, 0) is 92.6 Å². The smallest absolute Gasteiger partial charge is 0.253 e. The fourth-order valence-electron chi connectivity index (χ4n) is 6.35. The van der Waals surface area contributed by atoms with Crippen molar-refractivity contribution in [2.75, 3.05) is 36.5 Å². The number of rotatable bonds is 10. The number of hydrogen-bond donors (Lipinski definition) is 1. The summed E-state index contributed by atoms with van der Waals surface area (Å²) in [6.07, 6.45) is 6.95. The lowest BCUT2D eigenvalue weighted by Crippen LogP contribution is -2.57. The number of nitrogens with zero attached hydrogens (tertiary/aromatic N) is 3. The molecular weight excluding hydrogens is 536 g/mol. The van der Waals surface area contributed by atoms with Crippen LogP contribution in [0.5, 0.6) is 0 Å². The summed E-state index contributed by atoms with van der Waals surface area (Å²) in [5, 5.41) is 2.96. The summed E-state index contributed by atoms with van der Waals surface area (Å²) in [6, 6.07) is 23.8. The van der Waals surface area contributed by atoms with E-state index in [0.29, 0.717) is 38.2 Å². The quantitative estimate of drug-likeness (QED) is 0.284. The summed E-state index contributed by atoms with van der Waals surface area (Å²) >= 11 is 0. The van der Waals surface area contributed by atoms with E-state index in [4.69, 9.17) is 0 Å². The molecule has 1 spiro atoms. The first-order chi connectivity index (χ1) is 20.8. The molecule has 0 unspecified atom stereocenters. The van der Waals surface area contributed by atoms with E-state index in [1.165, 1.54) is 31.2 Å². The Morgan fingerprint density at radius 3 is 2.26 bits per heavy atom. The molecule has 43 heavy (non-hydrogen) atoms. The van der Waals surface area contributed by atoms with Gasteiger partial charge in [0.2, 0.25) is 5.91 Å². The number of para-hydroxylation sites is 1. The largest absolute Gasteiger partial charge is 0.339 e. The summed E-state index contributed by atoms with van der Waals surface area (Å²) in [5.41, 5.74) is 5.10. The molecule has 1 N–H and O–H groups in total. The van der Waals surface area contributed by atoms with Gasteiger partial charge in [-0.15, -0.1) is 0 Å². The van der Waals surface area contributed by atoms with Gasteiger partial charge in [0, 0.05) is 30.0 Å². The monoisotopic (exact) mass is 580 g/mol. The van der Waals surface area contributed by atoms with Crippen LogP contribution in [-0.2, 0) is 16.0 Å². The number of amides is 3. The van der Waals surface area contributed by atoms with E-state index in [-0.39, 0.29) is 24.3 Å². The number of carbonyl (C=O) groups excluding carboxylic acids is 3. The highest BCUT2D eigenvalue weighted by Gasteiger charge is 2.54. The highest BCUT2D eigenvalue weighted by Crippen LogP contribution is 2.39. The van der Waals surface area contributed by atoms with Crippen LogP contribution in [0.4, 0.5) is 11.4 Å². The lowest BCUT2D eigenvalue weighted by Gasteiger charge is -2.43. The number of likely N-dealkylation sites (tertiary alicyclic amines) is 1. The van der Waals surface area contributed by atoms with Gasteiger partial charge in [0.1, 0.15) is 12.1 Å². The third-order valence-corrected chi connectivity index (χ3v) is 9.10. The van der Waals surface area contributed by atoms with Gasteiger partial charge in [-0.3, -0.25) is 14.4 Å². The first-order valence-electron chi connectivity index (χ1n) is 15.7. The molecule has 0 bridgehead atoms. The Morgan fingerprint density at radius 2 is 1.58 bits per heavy atom. The van der Waals surface area contributed by atoms with Crippen molar-refractivity contribution >= 4 is 29.1 Å². The minimum atomic E-state index is -0.790. The molecule has 0 saturated carbocycles. The SMILES string of the molecule is CCCCCCc1ccc(C(=O)N2CCC3(CC2)C(=O)N(CC(=O)Nc2ccc(C)c(C)c2)CN3c2ccccc2)cc1.